The van der Waals surface area contributed by atoms with Crippen molar-refractivity contribution in [3.63, 3.8) is 0 Å². The Labute approximate surface area is 110 Å². The van der Waals surface area contributed by atoms with Gasteiger partial charge in [0.25, 0.3) is 0 Å². The fourth-order valence-corrected chi connectivity index (χ4v) is 2.96. The van der Waals surface area contributed by atoms with Crippen molar-refractivity contribution in [2.24, 2.45) is 0 Å². The van der Waals surface area contributed by atoms with Crippen molar-refractivity contribution in [1.82, 2.24) is 0 Å². The molecule has 78 valence electrons. The first-order valence-corrected chi connectivity index (χ1v) is 6.40. The van der Waals surface area contributed by atoms with Crippen molar-refractivity contribution in [2.45, 2.75) is 0 Å². The molecule has 0 amide bonds. The lowest BCUT2D eigenvalue weighted by Gasteiger charge is -2.00. The molecule has 3 rings (SSSR count). The van der Waals surface area contributed by atoms with Crippen molar-refractivity contribution in [1.29, 1.82) is 0 Å². The van der Waals surface area contributed by atoms with Gasteiger partial charge in [-0.3, -0.25) is 4.79 Å². The van der Waals surface area contributed by atoms with Gasteiger partial charge in [0, 0.05) is 20.1 Å². The molecule has 0 unspecified atom stereocenters. The van der Waals surface area contributed by atoms with Crippen LogP contribution in [0.25, 0.3) is 11.1 Å². The molecule has 2 aromatic rings. The van der Waals surface area contributed by atoms with Gasteiger partial charge in [-0.15, -0.1) is 0 Å². The lowest BCUT2D eigenvalue weighted by molar-refractivity contribution is 0.104. The molecule has 0 aromatic heterocycles. The van der Waals surface area contributed by atoms with Crippen molar-refractivity contribution in [3.05, 3.63) is 56.5 Å². The van der Waals surface area contributed by atoms with Crippen LogP contribution in [0.3, 0.4) is 0 Å². The zero-order valence-electron chi connectivity index (χ0n) is 8.13. The van der Waals surface area contributed by atoms with E-state index < -0.39 is 0 Å². The zero-order chi connectivity index (χ0) is 11.3. The zero-order valence-corrected chi connectivity index (χ0v) is 11.3. The Kier molecular flexibility index (Phi) is 2.26. The highest BCUT2D eigenvalue weighted by atomic mass is 79.9. The number of carbonyl (C=O) groups excluding carboxylic acids is 1. The first-order valence-electron chi connectivity index (χ1n) is 4.81. The normalized spacial score (nSPS) is 12.5. The standard InChI is InChI=1S/C13H6Br2O/c14-7-4-5-8-9-2-1-3-11(15)12(9)13(16)10(8)6-7/h1-6H. The van der Waals surface area contributed by atoms with Crippen LogP contribution in [0, 0.1) is 0 Å². The van der Waals surface area contributed by atoms with Gasteiger partial charge in [-0.2, -0.15) is 0 Å². The summed E-state index contributed by atoms with van der Waals surface area (Å²) in [5, 5.41) is 0. The number of rotatable bonds is 0. The van der Waals surface area contributed by atoms with Crippen LogP contribution in [0.15, 0.2) is 45.3 Å². The van der Waals surface area contributed by atoms with E-state index in [1.54, 1.807) is 0 Å². The number of hydrogen-bond acceptors (Lipinski definition) is 1. The second-order valence-electron chi connectivity index (χ2n) is 3.68. The van der Waals surface area contributed by atoms with Gasteiger partial charge < -0.3 is 0 Å². The molecule has 1 aliphatic carbocycles. The summed E-state index contributed by atoms with van der Waals surface area (Å²) in [7, 11) is 0. The molecule has 0 fully saturated rings. The highest BCUT2D eigenvalue weighted by Gasteiger charge is 2.28. The Morgan fingerprint density at radius 1 is 0.875 bits per heavy atom. The van der Waals surface area contributed by atoms with E-state index in [1.807, 2.05) is 36.4 Å². The molecule has 0 bridgehead atoms. The van der Waals surface area contributed by atoms with Gasteiger partial charge in [-0.1, -0.05) is 50.1 Å². The minimum absolute atomic E-state index is 0.0961. The highest BCUT2D eigenvalue weighted by Crippen LogP contribution is 2.40. The maximum atomic E-state index is 12.2. The molecule has 0 saturated carbocycles. The van der Waals surface area contributed by atoms with E-state index >= 15 is 0 Å². The molecular weight excluding hydrogens is 332 g/mol. The Hall–Kier alpha value is -0.930. The fourth-order valence-electron chi connectivity index (χ4n) is 2.05. The van der Waals surface area contributed by atoms with E-state index in [2.05, 4.69) is 31.9 Å². The molecule has 3 heteroatoms. The topological polar surface area (TPSA) is 17.1 Å². The summed E-state index contributed by atoms with van der Waals surface area (Å²) >= 11 is 6.82. The molecule has 0 radical (unpaired) electrons. The molecule has 0 heterocycles. The third-order valence-electron chi connectivity index (χ3n) is 2.76. The minimum Gasteiger partial charge on any atom is -0.289 e. The second kappa shape index (κ2) is 3.54. The summed E-state index contributed by atoms with van der Waals surface area (Å²) in [5.74, 6) is 0.0961. The first kappa shape index (κ1) is 10.2. The van der Waals surface area contributed by atoms with Crippen LogP contribution in [0.4, 0.5) is 0 Å². The Balaban J connectivity index is 2.39. The summed E-state index contributed by atoms with van der Waals surface area (Å²) in [5.41, 5.74) is 3.58. The summed E-state index contributed by atoms with van der Waals surface area (Å²) in [6.45, 7) is 0. The molecule has 0 saturated heterocycles. The molecule has 1 aliphatic rings. The van der Waals surface area contributed by atoms with Crippen molar-refractivity contribution >= 4 is 37.6 Å². The quantitative estimate of drug-likeness (QED) is 0.593. The number of halogens is 2. The largest absolute Gasteiger partial charge is 0.289 e. The van der Waals surface area contributed by atoms with E-state index in [4.69, 9.17) is 0 Å². The molecule has 0 atom stereocenters. The number of carbonyl (C=O) groups is 1. The molecule has 16 heavy (non-hydrogen) atoms. The molecule has 0 N–H and O–H groups in total. The summed E-state index contributed by atoms with van der Waals surface area (Å²) in [6, 6.07) is 11.7. The Morgan fingerprint density at radius 2 is 1.69 bits per heavy atom. The summed E-state index contributed by atoms with van der Waals surface area (Å²) in [4.78, 5) is 12.2. The van der Waals surface area contributed by atoms with Crippen LogP contribution in [-0.2, 0) is 0 Å². The smallest absolute Gasteiger partial charge is 0.195 e. The van der Waals surface area contributed by atoms with E-state index in [0.717, 1.165) is 31.2 Å². The van der Waals surface area contributed by atoms with Gasteiger partial charge in [0.1, 0.15) is 0 Å². The van der Waals surface area contributed by atoms with E-state index in [0.29, 0.717) is 0 Å². The second-order valence-corrected chi connectivity index (χ2v) is 5.45. The number of ketones is 1. The van der Waals surface area contributed by atoms with Crippen molar-refractivity contribution in [3.8, 4) is 11.1 Å². The van der Waals surface area contributed by atoms with Crippen LogP contribution < -0.4 is 0 Å². The lowest BCUT2D eigenvalue weighted by atomic mass is 10.1. The molecule has 0 aliphatic heterocycles. The summed E-state index contributed by atoms with van der Waals surface area (Å²) in [6.07, 6.45) is 0. The highest BCUT2D eigenvalue weighted by molar-refractivity contribution is 9.10. The van der Waals surface area contributed by atoms with E-state index in [-0.39, 0.29) is 5.78 Å². The van der Waals surface area contributed by atoms with Gasteiger partial charge in [-0.25, -0.2) is 0 Å². The van der Waals surface area contributed by atoms with Crippen LogP contribution >= 0.6 is 31.9 Å². The predicted molar refractivity (Wildman–Crippen MR) is 70.7 cm³/mol. The Bertz CT molecular complexity index is 617. The predicted octanol–water partition coefficient (Wildman–Crippen LogP) is 4.42. The van der Waals surface area contributed by atoms with Gasteiger partial charge in [0.15, 0.2) is 5.78 Å². The molecule has 2 aromatic carbocycles. The van der Waals surface area contributed by atoms with Gasteiger partial charge in [0.05, 0.1) is 0 Å². The van der Waals surface area contributed by atoms with E-state index in [1.165, 1.54) is 0 Å². The van der Waals surface area contributed by atoms with Gasteiger partial charge in [-0.05, 0) is 29.3 Å². The number of hydrogen-bond donors (Lipinski definition) is 0. The third kappa shape index (κ3) is 1.31. The number of benzene rings is 2. The van der Waals surface area contributed by atoms with Gasteiger partial charge in [0.2, 0.25) is 0 Å². The van der Waals surface area contributed by atoms with Crippen LogP contribution in [0.5, 0.6) is 0 Å². The first-order chi connectivity index (χ1) is 7.68. The lowest BCUT2D eigenvalue weighted by Crippen LogP contribution is -1.95. The van der Waals surface area contributed by atoms with Crippen LogP contribution in [0.1, 0.15) is 15.9 Å². The van der Waals surface area contributed by atoms with Crippen molar-refractivity contribution < 1.29 is 4.79 Å². The maximum absolute atomic E-state index is 12.2. The maximum Gasteiger partial charge on any atom is 0.195 e. The molecule has 1 nitrogen and oxygen atoms in total. The SMILES string of the molecule is O=C1c2cc(Br)ccc2-c2cccc(Br)c21. The average Bonchev–Trinajstić information content (AvgIpc) is 2.54. The van der Waals surface area contributed by atoms with Crippen LogP contribution in [-0.4, -0.2) is 5.78 Å². The average molecular weight is 338 g/mol. The molecular formula is C13H6Br2O. The van der Waals surface area contributed by atoms with Crippen LogP contribution in [0.2, 0.25) is 0 Å². The number of fused-ring (bicyclic) bond motifs is 3. The Morgan fingerprint density at radius 3 is 2.50 bits per heavy atom. The molecule has 0 spiro atoms. The third-order valence-corrected chi connectivity index (χ3v) is 3.91. The van der Waals surface area contributed by atoms with E-state index in [9.17, 15) is 4.79 Å². The minimum atomic E-state index is 0.0961. The fraction of sp³-hybridized carbons (Fsp3) is 0. The van der Waals surface area contributed by atoms with Gasteiger partial charge >= 0.3 is 0 Å². The monoisotopic (exact) mass is 336 g/mol. The van der Waals surface area contributed by atoms with Crippen molar-refractivity contribution in [2.75, 3.05) is 0 Å². The summed E-state index contributed by atoms with van der Waals surface area (Å²) < 4.78 is 1.80.